The van der Waals surface area contributed by atoms with E-state index in [0.717, 1.165) is 34.9 Å². The fourth-order valence-electron chi connectivity index (χ4n) is 4.21. The third-order valence-corrected chi connectivity index (χ3v) is 5.68. The van der Waals surface area contributed by atoms with Crippen LogP contribution in [0.15, 0.2) is 24.8 Å². The second-order valence-electron chi connectivity index (χ2n) is 7.35. The van der Waals surface area contributed by atoms with E-state index in [0.29, 0.717) is 23.5 Å². The molecule has 0 spiro atoms. The highest BCUT2D eigenvalue weighted by Gasteiger charge is 2.27. The molecule has 2 saturated carbocycles. The summed E-state index contributed by atoms with van der Waals surface area (Å²) in [5, 5.41) is 15.1. The van der Waals surface area contributed by atoms with Gasteiger partial charge in [-0.3, -0.25) is 4.68 Å². The minimum Gasteiger partial charge on any atom is -0.480 e. The lowest BCUT2D eigenvalue weighted by atomic mass is 10.1. The predicted octanol–water partition coefficient (Wildman–Crippen LogP) is 4.23. The maximum Gasteiger partial charge on any atom is 0.223 e. The van der Waals surface area contributed by atoms with Crippen molar-refractivity contribution in [3.8, 4) is 23.1 Å². The highest BCUT2D eigenvalue weighted by atomic mass is 16.5. The maximum absolute atomic E-state index is 9.67. The molecule has 6 heteroatoms. The fourth-order valence-corrected chi connectivity index (χ4v) is 4.21. The van der Waals surface area contributed by atoms with Crippen LogP contribution in [0.2, 0.25) is 0 Å². The summed E-state index contributed by atoms with van der Waals surface area (Å²) in [7, 11) is 1.64. The molecule has 6 nitrogen and oxygen atoms in total. The van der Waals surface area contributed by atoms with Crippen LogP contribution >= 0.6 is 0 Å². The second-order valence-corrected chi connectivity index (χ2v) is 7.35. The Morgan fingerprint density at radius 1 is 1.12 bits per heavy atom. The molecule has 3 aromatic rings. The van der Waals surface area contributed by atoms with E-state index in [1.54, 1.807) is 13.3 Å². The van der Waals surface area contributed by atoms with E-state index < -0.39 is 0 Å². The van der Waals surface area contributed by atoms with Crippen LogP contribution in [0.3, 0.4) is 0 Å². The lowest BCUT2D eigenvalue weighted by Gasteiger charge is -2.14. The standard InChI is InChI=1S/C20H21N5O/c1-26-20-18-17(14-10-23-25(11-14)16-6-7-16)12-24(15-4-2-3-5-15)19(18)13(8-21)9-22-20/h9-12,15-16H,2-7H2,1H3. The highest BCUT2D eigenvalue weighted by Crippen LogP contribution is 2.42. The summed E-state index contributed by atoms with van der Waals surface area (Å²) in [6.07, 6.45) is 15.0. The fraction of sp³-hybridized carbons (Fsp3) is 0.450. The first kappa shape index (κ1) is 15.4. The Balaban J connectivity index is 1.77. The Bertz CT molecular complexity index is 1010. The monoisotopic (exact) mass is 347 g/mol. The van der Waals surface area contributed by atoms with Crippen LogP contribution in [0.5, 0.6) is 5.88 Å². The summed E-state index contributed by atoms with van der Waals surface area (Å²) in [5.41, 5.74) is 3.67. The van der Waals surface area contributed by atoms with Crippen LogP contribution in [0.25, 0.3) is 22.0 Å². The number of pyridine rings is 1. The van der Waals surface area contributed by atoms with Crippen molar-refractivity contribution in [2.75, 3.05) is 7.11 Å². The van der Waals surface area contributed by atoms with E-state index >= 15 is 0 Å². The van der Waals surface area contributed by atoms with Crippen LogP contribution < -0.4 is 4.74 Å². The average molecular weight is 347 g/mol. The van der Waals surface area contributed by atoms with Gasteiger partial charge in [0.1, 0.15) is 6.07 Å². The van der Waals surface area contributed by atoms with Gasteiger partial charge in [-0.1, -0.05) is 12.8 Å². The normalized spacial score (nSPS) is 17.7. The van der Waals surface area contributed by atoms with Crippen LogP contribution in [-0.4, -0.2) is 26.4 Å². The summed E-state index contributed by atoms with van der Waals surface area (Å²) in [4.78, 5) is 4.39. The Morgan fingerprint density at radius 2 is 1.92 bits per heavy atom. The number of hydrogen-bond acceptors (Lipinski definition) is 4. The Morgan fingerprint density at radius 3 is 2.62 bits per heavy atom. The quantitative estimate of drug-likeness (QED) is 0.708. The van der Waals surface area contributed by atoms with E-state index in [9.17, 15) is 5.26 Å². The highest BCUT2D eigenvalue weighted by molar-refractivity contribution is 6.01. The van der Waals surface area contributed by atoms with Crippen LogP contribution in [0.4, 0.5) is 0 Å². The van der Waals surface area contributed by atoms with Crippen molar-refractivity contribution in [1.29, 1.82) is 5.26 Å². The van der Waals surface area contributed by atoms with Crippen LogP contribution in [-0.2, 0) is 0 Å². The van der Waals surface area contributed by atoms with Gasteiger partial charge < -0.3 is 9.30 Å². The minimum absolute atomic E-state index is 0.434. The molecule has 2 aliphatic rings. The molecule has 0 N–H and O–H groups in total. The number of nitrogens with zero attached hydrogens (tertiary/aromatic N) is 5. The zero-order valence-corrected chi connectivity index (χ0v) is 14.9. The van der Waals surface area contributed by atoms with Crippen molar-refractivity contribution in [2.45, 2.75) is 50.6 Å². The van der Waals surface area contributed by atoms with Gasteiger partial charge in [-0.2, -0.15) is 10.4 Å². The summed E-state index contributed by atoms with van der Waals surface area (Å²) in [6, 6.07) is 3.30. The molecule has 132 valence electrons. The molecule has 0 aromatic carbocycles. The van der Waals surface area contributed by atoms with Crippen molar-refractivity contribution in [2.24, 2.45) is 0 Å². The van der Waals surface area contributed by atoms with E-state index in [1.165, 1.54) is 25.7 Å². The zero-order valence-electron chi connectivity index (χ0n) is 14.9. The van der Waals surface area contributed by atoms with Crippen molar-refractivity contribution in [3.63, 3.8) is 0 Å². The second kappa shape index (κ2) is 5.87. The molecule has 2 aliphatic carbocycles. The third kappa shape index (κ3) is 2.31. The largest absolute Gasteiger partial charge is 0.480 e. The van der Waals surface area contributed by atoms with Gasteiger partial charge in [-0.05, 0) is 25.7 Å². The first-order chi connectivity index (χ1) is 12.8. The molecule has 2 fully saturated rings. The van der Waals surface area contributed by atoms with Crippen LogP contribution in [0.1, 0.15) is 56.2 Å². The van der Waals surface area contributed by atoms with Crippen molar-refractivity contribution in [3.05, 3.63) is 30.4 Å². The molecule has 26 heavy (non-hydrogen) atoms. The number of aromatic nitrogens is 4. The number of ether oxygens (including phenoxy) is 1. The van der Waals surface area contributed by atoms with Gasteiger partial charge in [0, 0.05) is 29.6 Å². The lowest BCUT2D eigenvalue weighted by Crippen LogP contribution is -2.04. The van der Waals surface area contributed by atoms with Crippen molar-refractivity contribution >= 4 is 10.9 Å². The summed E-state index contributed by atoms with van der Waals surface area (Å²) in [5.74, 6) is 0.574. The summed E-state index contributed by atoms with van der Waals surface area (Å²) >= 11 is 0. The molecule has 0 bridgehead atoms. The first-order valence-corrected chi connectivity index (χ1v) is 9.32. The number of methoxy groups -OCH3 is 1. The zero-order chi connectivity index (χ0) is 17.7. The van der Waals surface area contributed by atoms with E-state index in [1.807, 2.05) is 6.20 Å². The molecule has 0 atom stereocenters. The Labute approximate surface area is 152 Å². The van der Waals surface area contributed by atoms with Gasteiger partial charge in [0.05, 0.1) is 42.0 Å². The van der Waals surface area contributed by atoms with E-state index in [4.69, 9.17) is 4.74 Å². The topological polar surface area (TPSA) is 68.7 Å². The molecule has 3 heterocycles. The molecular weight excluding hydrogens is 326 g/mol. The summed E-state index contributed by atoms with van der Waals surface area (Å²) in [6.45, 7) is 0. The molecule has 0 amide bonds. The smallest absolute Gasteiger partial charge is 0.223 e. The van der Waals surface area contributed by atoms with Crippen LogP contribution in [0, 0.1) is 11.3 Å². The Kier molecular flexibility index (Phi) is 3.49. The SMILES string of the molecule is COc1ncc(C#N)c2c1c(-c1cnn(C3CC3)c1)cn2C1CCCC1. The molecule has 3 aromatic heterocycles. The average Bonchev–Trinajstić information content (AvgIpc) is 3.07. The van der Waals surface area contributed by atoms with Crippen molar-refractivity contribution < 1.29 is 4.74 Å². The number of rotatable bonds is 4. The Hall–Kier alpha value is -2.81. The number of fused-ring (bicyclic) bond motifs is 1. The van der Waals surface area contributed by atoms with E-state index in [2.05, 4.69) is 37.8 Å². The molecule has 0 unspecified atom stereocenters. The number of nitriles is 1. The summed E-state index contributed by atoms with van der Waals surface area (Å²) < 4.78 is 9.91. The molecule has 0 aliphatic heterocycles. The predicted molar refractivity (Wildman–Crippen MR) is 98.0 cm³/mol. The molecule has 0 saturated heterocycles. The van der Waals surface area contributed by atoms with Gasteiger partial charge in [0.2, 0.25) is 5.88 Å². The van der Waals surface area contributed by atoms with Crippen molar-refractivity contribution in [1.82, 2.24) is 19.3 Å². The maximum atomic E-state index is 9.67. The van der Waals surface area contributed by atoms with Gasteiger partial charge in [0.25, 0.3) is 0 Å². The number of hydrogen-bond donors (Lipinski definition) is 0. The molecule has 5 rings (SSSR count). The van der Waals surface area contributed by atoms with Gasteiger partial charge in [-0.15, -0.1) is 0 Å². The lowest BCUT2D eigenvalue weighted by molar-refractivity contribution is 0.403. The van der Waals surface area contributed by atoms with Gasteiger partial charge in [0.15, 0.2) is 0 Å². The minimum atomic E-state index is 0.434. The third-order valence-electron chi connectivity index (χ3n) is 5.68. The van der Waals surface area contributed by atoms with E-state index in [-0.39, 0.29) is 0 Å². The van der Waals surface area contributed by atoms with Gasteiger partial charge in [-0.25, -0.2) is 4.98 Å². The first-order valence-electron chi connectivity index (χ1n) is 9.32. The molecular formula is C20H21N5O. The van der Waals surface area contributed by atoms with Gasteiger partial charge >= 0.3 is 0 Å². The molecule has 0 radical (unpaired) electrons.